The molecule has 0 saturated heterocycles. The first-order valence-electron chi connectivity index (χ1n) is 11.1. The molecule has 0 fully saturated rings. The van der Waals surface area contributed by atoms with Crippen LogP contribution < -0.4 is 4.74 Å². The number of benzene rings is 3. The summed E-state index contributed by atoms with van der Waals surface area (Å²) in [5.41, 5.74) is 4.37. The number of carbonyl (C=O) groups excluding carboxylic acids is 1. The number of H-pyrrole nitrogens is 1. The van der Waals surface area contributed by atoms with Crippen molar-refractivity contribution in [1.82, 2.24) is 15.1 Å². The van der Waals surface area contributed by atoms with Gasteiger partial charge in [-0.25, -0.2) is 4.39 Å². The van der Waals surface area contributed by atoms with Crippen molar-refractivity contribution in [2.75, 3.05) is 13.7 Å². The topological polar surface area (TPSA) is 78.5 Å². The average molecular weight is 492 g/mol. The highest BCUT2D eigenvalue weighted by atomic mass is 35.5. The fourth-order valence-electron chi connectivity index (χ4n) is 4.52. The highest BCUT2D eigenvalue weighted by molar-refractivity contribution is 6.31. The molecule has 8 heteroatoms. The number of carbonyl (C=O) groups is 1. The largest absolute Gasteiger partial charge is 0.507 e. The molecule has 1 aliphatic rings. The number of phenolic OH excluding ortho intramolecular Hbond substituents is 1. The van der Waals surface area contributed by atoms with Crippen LogP contribution in [0.25, 0.3) is 11.3 Å². The third kappa shape index (κ3) is 4.12. The van der Waals surface area contributed by atoms with Crippen LogP contribution in [0, 0.1) is 12.7 Å². The normalized spacial score (nSPS) is 14.9. The summed E-state index contributed by atoms with van der Waals surface area (Å²) in [7, 11) is 1.61. The molecular weight excluding hydrogens is 469 g/mol. The van der Waals surface area contributed by atoms with Crippen LogP contribution in [0.4, 0.5) is 4.39 Å². The van der Waals surface area contributed by atoms with Crippen molar-refractivity contribution in [2.24, 2.45) is 0 Å². The van der Waals surface area contributed by atoms with Gasteiger partial charge in [-0.3, -0.25) is 9.89 Å². The second-order valence-corrected chi connectivity index (χ2v) is 8.94. The van der Waals surface area contributed by atoms with Crippen LogP contribution in [0.2, 0.25) is 5.02 Å². The SMILES string of the molecule is COc1ccc(CCN2C(=O)c3[nH]nc(-c4cc(Cl)c(C)cc4O)c3[C@@H]2c2ccc(F)cc2)cc1. The zero-order valence-corrected chi connectivity index (χ0v) is 19.9. The van der Waals surface area contributed by atoms with Crippen LogP contribution in [0.3, 0.4) is 0 Å². The Morgan fingerprint density at radius 3 is 2.54 bits per heavy atom. The van der Waals surface area contributed by atoms with E-state index in [4.69, 9.17) is 16.3 Å². The number of fused-ring (bicyclic) bond motifs is 1. The third-order valence-electron chi connectivity index (χ3n) is 6.38. The van der Waals surface area contributed by atoms with Crippen LogP contribution in [0.1, 0.15) is 38.8 Å². The van der Waals surface area contributed by atoms with E-state index in [1.807, 2.05) is 24.3 Å². The molecule has 0 unspecified atom stereocenters. The minimum absolute atomic E-state index is 0.0168. The lowest BCUT2D eigenvalue weighted by Gasteiger charge is -2.26. The van der Waals surface area contributed by atoms with E-state index in [0.717, 1.165) is 22.4 Å². The number of hydrogen-bond donors (Lipinski definition) is 2. The number of aromatic nitrogens is 2. The predicted octanol–water partition coefficient (Wildman–Crippen LogP) is 5.68. The maximum absolute atomic E-state index is 13.7. The van der Waals surface area contributed by atoms with Crippen LogP contribution in [-0.4, -0.2) is 39.8 Å². The van der Waals surface area contributed by atoms with Crippen molar-refractivity contribution >= 4 is 17.5 Å². The molecule has 35 heavy (non-hydrogen) atoms. The van der Waals surface area contributed by atoms with E-state index < -0.39 is 6.04 Å². The summed E-state index contributed by atoms with van der Waals surface area (Å²) in [4.78, 5) is 15.2. The number of aryl methyl sites for hydroxylation is 1. The lowest BCUT2D eigenvalue weighted by Crippen LogP contribution is -2.31. The van der Waals surface area contributed by atoms with Crippen LogP contribution in [0.5, 0.6) is 11.5 Å². The van der Waals surface area contributed by atoms with Crippen molar-refractivity contribution in [3.8, 4) is 22.8 Å². The van der Waals surface area contributed by atoms with E-state index in [0.29, 0.717) is 40.5 Å². The highest BCUT2D eigenvalue weighted by Gasteiger charge is 2.42. The van der Waals surface area contributed by atoms with Gasteiger partial charge < -0.3 is 14.7 Å². The molecular formula is C27H23ClFN3O3. The molecule has 0 spiro atoms. The lowest BCUT2D eigenvalue weighted by atomic mass is 9.95. The number of amides is 1. The van der Waals surface area contributed by atoms with Gasteiger partial charge in [0, 0.05) is 22.7 Å². The van der Waals surface area contributed by atoms with Gasteiger partial charge in [0.05, 0.1) is 13.2 Å². The zero-order chi connectivity index (χ0) is 24.7. The molecule has 6 nitrogen and oxygen atoms in total. The predicted molar refractivity (Wildman–Crippen MR) is 131 cm³/mol. The number of aromatic amines is 1. The molecule has 178 valence electrons. The molecule has 0 saturated carbocycles. The number of rotatable bonds is 6. The fourth-order valence-corrected chi connectivity index (χ4v) is 4.69. The minimum atomic E-state index is -0.510. The van der Waals surface area contributed by atoms with E-state index in [2.05, 4.69) is 10.2 Å². The van der Waals surface area contributed by atoms with E-state index in [-0.39, 0.29) is 17.5 Å². The summed E-state index contributed by atoms with van der Waals surface area (Å²) >= 11 is 6.34. The second-order valence-electron chi connectivity index (χ2n) is 8.53. The van der Waals surface area contributed by atoms with Gasteiger partial charge in [0.1, 0.15) is 28.7 Å². The Balaban J connectivity index is 1.57. The monoisotopic (exact) mass is 491 g/mol. The fraction of sp³-hybridized carbons (Fsp3) is 0.185. The van der Waals surface area contributed by atoms with Crippen LogP contribution >= 0.6 is 11.6 Å². The minimum Gasteiger partial charge on any atom is -0.507 e. The van der Waals surface area contributed by atoms with Crippen molar-refractivity contribution in [3.05, 3.63) is 99.5 Å². The Morgan fingerprint density at radius 1 is 1.14 bits per heavy atom. The van der Waals surface area contributed by atoms with E-state index in [1.165, 1.54) is 12.1 Å². The maximum Gasteiger partial charge on any atom is 0.273 e. The number of methoxy groups -OCH3 is 1. The van der Waals surface area contributed by atoms with Gasteiger partial charge in [0.15, 0.2) is 0 Å². The molecule has 0 radical (unpaired) electrons. The molecule has 4 aromatic rings. The summed E-state index contributed by atoms with van der Waals surface area (Å²) in [6.07, 6.45) is 0.613. The number of nitrogens with one attached hydrogen (secondary N) is 1. The smallest absolute Gasteiger partial charge is 0.273 e. The van der Waals surface area contributed by atoms with Gasteiger partial charge in [-0.05, 0) is 66.4 Å². The van der Waals surface area contributed by atoms with Gasteiger partial charge in [0.2, 0.25) is 0 Å². The van der Waals surface area contributed by atoms with Crippen molar-refractivity contribution in [1.29, 1.82) is 0 Å². The lowest BCUT2D eigenvalue weighted by molar-refractivity contribution is 0.0746. The van der Waals surface area contributed by atoms with Gasteiger partial charge >= 0.3 is 0 Å². The maximum atomic E-state index is 13.7. The van der Waals surface area contributed by atoms with Crippen LogP contribution in [-0.2, 0) is 6.42 Å². The first kappa shape index (κ1) is 22.9. The quantitative estimate of drug-likeness (QED) is 0.364. The molecule has 2 heterocycles. The number of nitrogens with zero attached hydrogens (tertiary/aromatic N) is 2. The summed E-state index contributed by atoms with van der Waals surface area (Å²) in [5.74, 6) is 0.207. The summed E-state index contributed by atoms with van der Waals surface area (Å²) < 4.78 is 19.0. The zero-order valence-electron chi connectivity index (χ0n) is 19.2. The van der Waals surface area contributed by atoms with E-state index >= 15 is 0 Å². The molecule has 5 rings (SSSR count). The van der Waals surface area contributed by atoms with Gasteiger partial charge in [0.25, 0.3) is 5.91 Å². The van der Waals surface area contributed by atoms with Crippen molar-refractivity contribution in [3.63, 3.8) is 0 Å². The van der Waals surface area contributed by atoms with E-state index in [9.17, 15) is 14.3 Å². The molecule has 3 aromatic carbocycles. The number of phenols is 1. The standard InChI is InChI=1S/C27H23ClFN3O3/c1-15-13-22(33)20(14-21(15)28)24-23-25(31-30-24)27(34)32(26(23)17-5-7-18(29)8-6-17)12-11-16-3-9-19(35-2)10-4-16/h3-10,13-14,26,33H,11-12H2,1-2H3,(H,30,31)/t26-/m0/s1. The summed E-state index contributed by atoms with van der Waals surface area (Å²) in [6, 6.07) is 16.5. The molecule has 1 amide bonds. The Labute approximate surface area is 206 Å². The van der Waals surface area contributed by atoms with E-state index in [1.54, 1.807) is 43.2 Å². The number of halogens is 2. The summed E-state index contributed by atoms with van der Waals surface area (Å²) in [6.45, 7) is 2.22. The van der Waals surface area contributed by atoms with Crippen LogP contribution in [0.15, 0.2) is 60.7 Å². The molecule has 1 aliphatic heterocycles. The van der Waals surface area contributed by atoms with Crippen molar-refractivity contribution < 1.29 is 19.0 Å². The first-order valence-corrected chi connectivity index (χ1v) is 11.5. The second kappa shape index (κ2) is 9.07. The first-order chi connectivity index (χ1) is 16.9. The Kier molecular flexibility index (Phi) is 5.94. The Bertz CT molecular complexity index is 1400. The third-order valence-corrected chi connectivity index (χ3v) is 6.79. The number of hydrogen-bond acceptors (Lipinski definition) is 4. The summed E-state index contributed by atoms with van der Waals surface area (Å²) in [5, 5.41) is 18.4. The average Bonchev–Trinajstić information content (AvgIpc) is 3.40. The number of ether oxygens (including phenoxy) is 1. The molecule has 0 bridgehead atoms. The molecule has 1 atom stereocenters. The van der Waals surface area contributed by atoms with Gasteiger partial charge in [-0.1, -0.05) is 35.9 Å². The molecule has 0 aliphatic carbocycles. The Morgan fingerprint density at radius 2 is 1.86 bits per heavy atom. The van der Waals surface area contributed by atoms with Crippen molar-refractivity contribution in [2.45, 2.75) is 19.4 Å². The molecule has 2 N–H and O–H groups in total. The number of aromatic hydroxyl groups is 1. The molecule has 1 aromatic heterocycles. The van der Waals surface area contributed by atoms with Gasteiger partial charge in [-0.2, -0.15) is 5.10 Å². The highest BCUT2D eigenvalue weighted by Crippen LogP contribution is 2.45. The Hall–Kier alpha value is -3.84. The van der Waals surface area contributed by atoms with Gasteiger partial charge in [-0.15, -0.1) is 0 Å².